The first-order valence-electron chi connectivity index (χ1n) is 7.25. The van der Waals surface area contributed by atoms with Crippen LogP contribution in [0.4, 0.5) is 30.7 Å². The maximum absolute atomic E-state index is 13.3. The second-order valence-corrected chi connectivity index (χ2v) is 5.64. The molecule has 0 unspecified atom stereocenters. The minimum atomic E-state index is -6.66. The maximum atomic E-state index is 13.3. The van der Waals surface area contributed by atoms with Crippen molar-refractivity contribution in [2.45, 2.75) is 44.2 Å². The van der Waals surface area contributed by atoms with Gasteiger partial charge in [-0.25, -0.2) is 5.43 Å². The van der Waals surface area contributed by atoms with Crippen molar-refractivity contribution >= 4 is 17.6 Å². The van der Waals surface area contributed by atoms with Crippen molar-refractivity contribution in [1.82, 2.24) is 5.43 Å². The molecule has 14 heteroatoms. The Morgan fingerprint density at radius 1 is 1.11 bits per heavy atom. The van der Waals surface area contributed by atoms with Crippen LogP contribution >= 0.6 is 0 Å². The van der Waals surface area contributed by atoms with Crippen molar-refractivity contribution in [1.29, 1.82) is 0 Å². The topological polar surface area (TPSA) is 94.7 Å². The van der Waals surface area contributed by atoms with E-state index in [1.807, 2.05) is 0 Å². The molecule has 28 heavy (non-hydrogen) atoms. The van der Waals surface area contributed by atoms with E-state index >= 15 is 0 Å². The monoisotopic (exact) mass is 442 g/mol. The summed E-state index contributed by atoms with van der Waals surface area (Å²) in [5.74, 6) is -17.9. The second-order valence-electron chi connectivity index (χ2n) is 5.64. The number of fused-ring (bicyclic) bond motifs is 1. The van der Waals surface area contributed by atoms with Crippen molar-refractivity contribution in [2.24, 2.45) is 5.10 Å². The fourth-order valence-corrected chi connectivity index (χ4v) is 2.48. The molecule has 1 amide bonds. The number of hydrogen-bond donors (Lipinski definition) is 1. The van der Waals surface area contributed by atoms with E-state index in [0.717, 1.165) is 5.43 Å². The van der Waals surface area contributed by atoms with Crippen molar-refractivity contribution in [2.75, 3.05) is 0 Å². The van der Waals surface area contributed by atoms with Crippen molar-refractivity contribution in [3.63, 3.8) is 0 Å². The third kappa shape index (κ3) is 4.29. The number of rotatable bonds is 4. The zero-order valence-corrected chi connectivity index (χ0v) is 17.5. The van der Waals surface area contributed by atoms with E-state index in [1.165, 1.54) is 6.92 Å². The SMILES string of the molecule is Cc1c(C(=O)[O-])oc2c1/C(=N/NC(=O)C(F)(F)C(F)(F)C(F)(F)F)CCC2.[K+]. The molecule has 0 aromatic carbocycles. The Hall–Kier alpha value is -0.964. The van der Waals surface area contributed by atoms with Crippen LogP contribution in [0.5, 0.6) is 0 Å². The van der Waals surface area contributed by atoms with Crippen LogP contribution in [0.2, 0.25) is 0 Å². The number of aromatic carboxylic acids is 1. The fraction of sp³-hybridized carbons (Fsp3) is 0.500. The number of halogens is 7. The summed E-state index contributed by atoms with van der Waals surface area (Å²) in [4.78, 5) is 22.2. The second kappa shape index (κ2) is 8.42. The molecule has 1 aliphatic rings. The van der Waals surface area contributed by atoms with Crippen LogP contribution in [0.25, 0.3) is 0 Å². The number of carbonyl (C=O) groups is 2. The quantitative estimate of drug-likeness (QED) is 0.366. The first-order valence-corrected chi connectivity index (χ1v) is 7.25. The van der Waals surface area contributed by atoms with Crippen molar-refractivity contribution in [3.8, 4) is 0 Å². The summed E-state index contributed by atoms with van der Waals surface area (Å²) in [6.07, 6.45) is -6.15. The predicted octanol–water partition coefficient (Wildman–Crippen LogP) is -1.05. The van der Waals surface area contributed by atoms with Crippen LogP contribution in [0.3, 0.4) is 0 Å². The van der Waals surface area contributed by atoms with Gasteiger partial charge in [0, 0.05) is 17.5 Å². The van der Waals surface area contributed by atoms with Gasteiger partial charge in [-0.3, -0.25) is 4.79 Å². The number of nitrogens with one attached hydrogen (secondary N) is 1. The molecule has 0 saturated heterocycles. The Balaban J connectivity index is 0.00000392. The molecular weight excluding hydrogens is 432 g/mol. The van der Waals surface area contributed by atoms with Gasteiger partial charge in [0.25, 0.3) is 0 Å². The average Bonchev–Trinajstić information content (AvgIpc) is 2.89. The summed E-state index contributed by atoms with van der Waals surface area (Å²) in [5, 5.41) is 14.1. The number of nitrogens with zero attached hydrogens (tertiary/aromatic N) is 1. The number of carboxylic acid groups (broad SMARTS) is 1. The number of aryl methyl sites for hydroxylation is 1. The zero-order chi connectivity index (χ0) is 20.8. The summed E-state index contributed by atoms with van der Waals surface area (Å²) in [6, 6.07) is 0. The summed E-state index contributed by atoms with van der Waals surface area (Å²) in [6.45, 7) is 1.27. The van der Waals surface area contributed by atoms with Crippen LogP contribution in [0.1, 0.15) is 40.3 Å². The molecule has 0 radical (unpaired) electrons. The Labute approximate surface area is 194 Å². The number of amides is 1. The molecule has 0 fully saturated rings. The van der Waals surface area contributed by atoms with Crippen LogP contribution in [-0.2, 0) is 11.2 Å². The third-order valence-electron chi connectivity index (χ3n) is 3.84. The third-order valence-corrected chi connectivity index (χ3v) is 3.84. The minimum Gasteiger partial charge on any atom is -0.542 e. The molecule has 0 saturated carbocycles. The van der Waals surface area contributed by atoms with E-state index < -0.39 is 35.7 Å². The largest absolute Gasteiger partial charge is 1.00 e. The molecule has 150 valence electrons. The Morgan fingerprint density at radius 2 is 1.68 bits per heavy atom. The van der Waals surface area contributed by atoms with Gasteiger partial charge in [-0.1, -0.05) is 0 Å². The summed E-state index contributed by atoms with van der Waals surface area (Å²) < 4.78 is 93.6. The van der Waals surface area contributed by atoms with Crippen LogP contribution < -0.4 is 61.9 Å². The summed E-state index contributed by atoms with van der Waals surface area (Å²) in [7, 11) is 0. The van der Waals surface area contributed by atoms with E-state index in [-0.39, 0.29) is 93.2 Å². The van der Waals surface area contributed by atoms with E-state index in [0.29, 0.717) is 0 Å². The van der Waals surface area contributed by atoms with Gasteiger partial charge in [0.1, 0.15) is 11.7 Å². The van der Waals surface area contributed by atoms with Gasteiger partial charge < -0.3 is 14.3 Å². The standard InChI is InChI=1S/C14H11F7N2O4.K/c1-5-8-6(3-2-4-7(8)27-9(5)10(24)25)22-23-11(26)12(15,16)13(17,18)14(19,20)21;/h2-4H2,1H3,(H,23,26)(H,24,25);/q;+1/p-1/b22-6+;. The van der Waals surface area contributed by atoms with Crippen LogP contribution in [-0.4, -0.2) is 35.6 Å². The molecule has 1 aromatic rings. The summed E-state index contributed by atoms with van der Waals surface area (Å²) >= 11 is 0. The molecule has 0 spiro atoms. The minimum absolute atomic E-state index is 0. The smallest absolute Gasteiger partial charge is 0.542 e. The van der Waals surface area contributed by atoms with Crippen LogP contribution in [0, 0.1) is 6.92 Å². The van der Waals surface area contributed by atoms with E-state index in [9.17, 15) is 45.4 Å². The first-order chi connectivity index (χ1) is 12.2. The number of carboxylic acids is 1. The van der Waals surface area contributed by atoms with Gasteiger partial charge in [0.15, 0.2) is 5.76 Å². The zero-order valence-electron chi connectivity index (χ0n) is 14.3. The Bertz CT molecular complexity index is 817. The number of hydrogen-bond acceptors (Lipinski definition) is 5. The maximum Gasteiger partial charge on any atom is 1.00 e. The van der Waals surface area contributed by atoms with Gasteiger partial charge in [-0.2, -0.15) is 35.8 Å². The Morgan fingerprint density at radius 3 is 2.18 bits per heavy atom. The number of hydrazone groups is 1. The van der Waals surface area contributed by atoms with Gasteiger partial charge >= 0.3 is 75.3 Å². The molecule has 0 atom stereocenters. The molecule has 6 nitrogen and oxygen atoms in total. The molecule has 0 bridgehead atoms. The number of alkyl halides is 7. The molecule has 1 heterocycles. The van der Waals surface area contributed by atoms with Crippen LogP contribution in [0.15, 0.2) is 9.52 Å². The first kappa shape index (κ1) is 25.1. The van der Waals surface area contributed by atoms with Gasteiger partial charge in [-0.05, 0) is 19.8 Å². The fourth-order valence-electron chi connectivity index (χ4n) is 2.48. The summed E-state index contributed by atoms with van der Waals surface area (Å²) in [5.41, 5.74) is 0.812. The van der Waals surface area contributed by atoms with Gasteiger partial charge in [0.05, 0.1) is 5.71 Å². The predicted molar refractivity (Wildman–Crippen MR) is 71.3 cm³/mol. The van der Waals surface area contributed by atoms with Gasteiger partial charge in [0.2, 0.25) is 0 Å². The molecule has 1 aromatic heterocycles. The Kier molecular flexibility index (Phi) is 7.54. The normalized spacial score (nSPS) is 16.4. The molecule has 0 aliphatic heterocycles. The van der Waals surface area contributed by atoms with E-state index in [1.54, 1.807) is 0 Å². The van der Waals surface area contributed by atoms with Gasteiger partial charge in [-0.15, -0.1) is 0 Å². The number of carbonyl (C=O) groups excluding carboxylic acids is 2. The number of furan rings is 1. The molecular formula is C14H10F7KN2O4. The molecule has 1 N–H and O–H groups in total. The van der Waals surface area contributed by atoms with Crippen molar-refractivity contribution in [3.05, 3.63) is 22.6 Å². The van der Waals surface area contributed by atoms with E-state index in [4.69, 9.17) is 4.42 Å². The molecule has 2 rings (SSSR count). The average molecular weight is 442 g/mol. The van der Waals surface area contributed by atoms with E-state index in [2.05, 4.69) is 5.10 Å². The van der Waals surface area contributed by atoms with Crippen molar-refractivity contribution < 1.29 is 101 Å². The molecule has 1 aliphatic carbocycles.